The fraction of sp³-hybridized carbons (Fsp3) is 0.350. The summed E-state index contributed by atoms with van der Waals surface area (Å²) in [6, 6.07) is 18.5. The highest BCUT2D eigenvalue weighted by molar-refractivity contribution is 8.14. The van der Waals surface area contributed by atoms with Gasteiger partial charge in [-0.1, -0.05) is 72.4 Å². The first-order valence-electron chi connectivity index (χ1n) is 8.34. The van der Waals surface area contributed by atoms with Crippen LogP contribution in [0.15, 0.2) is 60.7 Å². The lowest BCUT2D eigenvalue weighted by Crippen LogP contribution is -2.38. The number of carbonyl (C=O) groups excluding carboxylic acids is 1. The molecule has 2 aromatic carbocycles. The van der Waals surface area contributed by atoms with Gasteiger partial charge in [0.05, 0.1) is 0 Å². The molecule has 1 N–H and O–H groups in total. The molecule has 0 aromatic heterocycles. The number of likely N-dealkylation sites (tertiary alicyclic amines) is 1. The number of carbonyl (C=O) groups is 1. The van der Waals surface area contributed by atoms with E-state index in [9.17, 15) is 9.90 Å². The molecule has 0 aliphatic carbocycles. The number of benzene rings is 2. The van der Waals surface area contributed by atoms with Crippen molar-refractivity contribution in [3.63, 3.8) is 0 Å². The number of nitrogens with zero attached hydrogens (tertiary/aromatic N) is 1. The Hall–Kier alpha value is -1.33. The third kappa shape index (κ3) is 4.45. The van der Waals surface area contributed by atoms with Gasteiger partial charge in [0.15, 0.2) is 5.60 Å². The molecule has 5 heteroatoms. The fourth-order valence-corrected chi connectivity index (χ4v) is 4.26. The zero-order chi connectivity index (χ0) is 17.0. The Kier molecular flexibility index (Phi) is 7.08. The number of hydrogen-bond acceptors (Lipinski definition) is 4. The predicted octanol–water partition coefficient (Wildman–Crippen LogP) is 3.70. The predicted molar refractivity (Wildman–Crippen MR) is 106 cm³/mol. The van der Waals surface area contributed by atoms with Crippen LogP contribution in [0.1, 0.15) is 24.0 Å². The Bertz CT molecular complexity index is 633. The lowest BCUT2D eigenvalue weighted by molar-refractivity contribution is -0.124. The van der Waals surface area contributed by atoms with E-state index in [1.54, 1.807) is 0 Å². The van der Waals surface area contributed by atoms with E-state index >= 15 is 0 Å². The Balaban J connectivity index is 0.00000225. The van der Waals surface area contributed by atoms with E-state index in [0.717, 1.165) is 25.9 Å². The van der Waals surface area contributed by atoms with Crippen LogP contribution in [-0.2, 0) is 10.4 Å². The number of halogens is 1. The summed E-state index contributed by atoms with van der Waals surface area (Å²) in [6.45, 7) is 2.00. The first-order chi connectivity index (χ1) is 11.6. The van der Waals surface area contributed by atoms with E-state index in [1.165, 1.54) is 11.8 Å². The highest BCUT2D eigenvalue weighted by Gasteiger charge is 2.41. The largest absolute Gasteiger partial charge is 0.372 e. The maximum absolute atomic E-state index is 13.1. The number of hydrogen-bond donors (Lipinski definition) is 1. The van der Waals surface area contributed by atoms with Crippen LogP contribution in [0.3, 0.4) is 0 Å². The molecule has 0 unspecified atom stereocenters. The maximum Gasteiger partial charge on any atom is 0.230 e. The van der Waals surface area contributed by atoms with Crippen molar-refractivity contribution < 1.29 is 9.90 Å². The molecular formula is C20H24ClNO2S. The highest BCUT2D eigenvalue weighted by Crippen LogP contribution is 2.37. The third-order valence-corrected chi connectivity index (χ3v) is 5.93. The molecule has 1 aliphatic heterocycles. The third-order valence-electron chi connectivity index (χ3n) is 4.62. The summed E-state index contributed by atoms with van der Waals surface area (Å²) in [4.78, 5) is 15.4. The molecular weight excluding hydrogens is 354 g/mol. The maximum atomic E-state index is 13.1. The van der Waals surface area contributed by atoms with Gasteiger partial charge in [-0.25, -0.2) is 0 Å². The topological polar surface area (TPSA) is 40.5 Å². The summed E-state index contributed by atoms with van der Waals surface area (Å²) < 4.78 is 0. The van der Waals surface area contributed by atoms with E-state index < -0.39 is 5.60 Å². The van der Waals surface area contributed by atoms with Crippen molar-refractivity contribution in [2.75, 3.05) is 20.1 Å². The lowest BCUT2D eigenvalue weighted by atomic mass is 9.87. The molecule has 1 aliphatic rings. The highest BCUT2D eigenvalue weighted by atomic mass is 35.5. The van der Waals surface area contributed by atoms with Crippen molar-refractivity contribution in [2.45, 2.75) is 23.7 Å². The zero-order valence-corrected chi connectivity index (χ0v) is 15.9. The van der Waals surface area contributed by atoms with Gasteiger partial charge in [0, 0.05) is 5.25 Å². The van der Waals surface area contributed by atoms with Crippen LogP contribution in [0, 0.1) is 0 Å². The second-order valence-corrected chi connectivity index (χ2v) is 7.62. The molecule has 0 amide bonds. The normalized spacial score (nSPS) is 16.2. The molecule has 134 valence electrons. The average Bonchev–Trinajstić information content (AvgIpc) is 2.64. The first kappa shape index (κ1) is 20.0. The quantitative estimate of drug-likeness (QED) is 0.882. The average molecular weight is 378 g/mol. The number of thioether (sulfide) groups is 1. The molecule has 2 aromatic rings. The number of piperidine rings is 1. The van der Waals surface area contributed by atoms with E-state index in [0.29, 0.717) is 11.1 Å². The van der Waals surface area contributed by atoms with Crippen LogP contribution in [0.25, 0.3) is 0 Å². The summed E-state index contributed by atoms with van der Waals surface area (Å²) >= 11 is 1.30. The fourth-order valence-electron chi connectivity index (χ4n) is 3.10. The van der Waals surface area contributed by atoms with Crippen LogP contribution in [-0.4, -0.2) is 40.5 Å². The molecule has 1 fully saturated rings. The molecule has 0 atom stereocenters. The van der Waals surface area contributed by atoms with Crippen LogP contribution in [0.4, 0.5) is 0 Å². The molecule has 1 heterocycles. The minimum Gasteiger partial charge on any atom is -0.372 e. The molecule has 0 bridgehead atoms. The Morgan fingerprint density at radius 1 is 1.00 bits per heavy atom. The number of aliphatic hydroxyl groups is 1. The zero-order valence-electron chi connectivity index (χ0n) is 14.3. The van der Waals surface area contributed by atoms with E-state index in [4.69, 9.17) is 0 Å². The Morgan fingerprint density at radius 2 is 1.44 bits per heavy atom. The van der Waals surface area contributed by atoms with Crippen molar-refractivity contribution in [3.05, 3.63) is 71.8 Å². The lowest BCUT2D eigenvalue weighted by Gasteiger charge is -2.32. The Morgan fingerprint density at radius 3 is 1.88 bits per heavy atom. The monoisotopic (exact) mass is 377 g/mol. The molecule has 3 rings (SSSR count). The van der Waals surface area contributed by atoms with Crippen molar-refractivity contribution in [1.82, 2.24) is 4.90 Å². The van der Waals surface area contributed by atoms with Gasteiger partial charge in [-0.3, -0.25) is 4.79 Å². The van der Waals surface area contributed by atoms with Crippen LogP contribution in [0.2, 0.25) is 0 Å². The van der Waals surface area contributed by atoms with Gasteiger partial charge in [0.1, 0.15) is 0 Å². The van der Waals surface area contributed by atoms with Crippen molar-refractivity contribution in [2.24, 2.45) is 0 Å². The summed E-state index contributed by atoms with van der Waals surface area (Å²) in [5, 5.41) is 11.5. The van der Waals surface area contributed by atoms with Crippen LogP contribution in [0.5, 0.6) is 0 Å². The molecule has 3 nitrogen and oxygen atoms in total. The van der Waals surface area contributed by atoms with Gasteiger partial charge in [-0.2, -0.15) is 0 Å². The second kappa shape index (κ2) is 8.86. The smallest absolute Gasteiger partial charge is 0.230 e. The van der Waals surface area contributed by atoms with Crippen molar-refractivity contribution in [3.8, 4) is 0 Å². The van der Waals surface area contributed by atoms with Gasteiger partial charge >= 0.3 is 0 Å². The standard InChI is InChI=1S/C20H23NO2S.ClH/c1-21-14-12-18(13-15-21)24-19(22)20(23,16-8-4-2-5-9-16)17-10-6-3-7-11-17;/h2-11,18,23H,12-15H2,1H3;1H. The minimum absolute atomic E-state index is 0. The SMILES string of the molecule is CN1CCC(SC(=O)C(O)(c2ccccc2)c2ccccc2)CC1.Cl. The van der Waals surface area contributed by atoms with Gasteiger partial charge < -0.3 is 10.0 Å². The number of rotatable bonds is 4. The summed E-state index contributed by atoms with van der Waals surface area (Å²) in [6.07, 6.45) is 1.96. The summed E-state index contributed by atoms with van der Waals surface area (Å²) in [7, 11) is 2.10. The van der Waals surface area contributed by atoms with Gasteiger partial charge in [0.2, 0.25) is 5.12 Å². The van der Waals surface area contributed by atoms with E-state index in [2.05, 4.69) is 11.9 Å². The molecule has 25 heavy (non-hydrogen) atoms. The van der Waals surface area contributed by atoms with Gasteiger partial charge in [0.25, 0.3) is 0 Å². The summed E-state index contributed by atoms with van der Waals surface area (Å²) in [5.41, 5.74) is -0.348. The van der Waals surface area contributed by atoms with Gasteiger partial charge in [-0.15, -0.1) is 12.4 Å². The Labute approximate surface area is 159 Å². The molecule has 0 saturated carbocycles. The summed E-state index contributed by atoms with van der Waals surface area (Å²) in [5.74, 6) is 0. The van der Waals surface area contributed by atoms with E-state index in [1.807, 2.05) is 60.7 Å². The first-order valence-corrected chi connectivity index (χ1v) is 9.21. The van der Waals surface area contributed by atoms with Crippen LogP contribution < -0.4 is 0 Å². The van der Waals surface area contributed by atoms with E-state index in [-0.39, 0.29) is 22.8 Å². The molecule has 1 saturated heterocycles. The van der Waals surface area contributed by atoms with Gasteiger partial charge in [-0.05, 0) is 44.1 Å². The van der Waals surface area contributed by atoms with Crippen molar-refractivity contribution in [1.29, 1.82) is 0 Å². The second-order valence-electron chi connectivity index (χ2n) is 6.35. The molecule has 0 radical (unpaired) electrons. The van der Waals surface area contributed by atoms with Crippen molar-refractivity contribution >= 4 is 29.3 Å². The molecule has 0 spiro atoms. The minimum atomic E-state index is -1.60. The van der Waals surface area contributed by atoms with Crippen LogP contribution >= 0.6 is 24.2 Å².